The molecule has 0 radical (unpaired) electrons. The molecule has 15 heavy (non-hydrogen) atoms. The van der Waals surface area contributed by atoms with E-state index in [1.165, 1.54) is 10.1 Å². The van der Waals surface area contributed by atoms with Crippen LogP contribution in [0, 0.1) is 0 Å². The van der Waals surface area contributed by atoms with Crippen molar-refractivity contribution in [1.29, 1.82) is 0 Å². The minimum atomic E-state index is 1.15. The lowest BCUT2D eigenvalue weighted by molar-refractivity contribution is 1.50. The summed E-state index contributed by atoms with van der Waals surface area (Å²) in [6.45, 7) is 11.6. The van der Waals surface area contributed by atoms with Gasteiger partial charge in [0.2, 0.25) is 0 Å². The normalized spacial score (nSPS) is 9.20. The fourth-order valence-electron chi connectivity index (χ4n) is 1.40. The summed E-state index contributed by atoms with van der Waals surface area (Å²) in [4.78, 5) is 0. The number of thiophene rings is 1. The highest BCUT2D eigenvalue weighted by atomic mass is 32.1. The maximum Gasteiger partial charge on any atom is 0.0349 e. The van der Waals surface area contributed by atoms with Crippen molar-refractivity contribution in [3.8, 4) is 0 Å². The number of hydrogen-bond acceptors (Lipinski definition) is 1. The molecule has 0 spiro atoms. The van der Waals surface area contributed by atoms with E-state index in [9.17, 15) is 0 Å². The fourth-order valence-corrected chi connectivity index (χ4v) is 2.22. The summed E-state index contributed by atoms with van der Waals surface area (Å²) in [5.41, 5.74) is 2.31. The van der Waals surface area contributed by atoms with Gasteiger partial charge in [-0.05, 0) is 40.1 Å². The van der Waals surface area contributed by atoms with Crippen molar-refractivity contribution in [3.63, 3.8) is 0 Å². The average Bonchev–Trinajstić information content (AvgIpc) is 2.76. The number of fused-ring (bicyclic) bond motifs is 1. The molecule has 1 heteroatoms. The predicted molar refractivity (Wildman–Crippen MR) is 73.4 cm³/mol. The van der Waals surface area contributed by atoms with Crippen LogP contribution in [0.5, 0.6) is 0 Å². The first-order valence-electron chi connectivity index (χ1n) is 5.11. The van der Waals surface area contributed by atoms with Crippen molar-refractivity contribution >= 4 is 33.6 Å². The van der Waals surface area contributed by atoms with E-state index in [4.69, 9.17) is 0 Å². The Morgan fingerprint density at radius 3 is 2.27 bits per heavy atom. The molecule has 0 aliphatic carbocycles. The molecule has 0 aliphatic heterocycles. The number of benzene rings is 1. The van der Waals surface area contributed by atoms with Gasteiger partial charge in [0.05, 0.1) is 0 Å². The SMILES string of the molecule is C=Cc1cc2ccsc2cc1C=C.CC. The standard InChI is InChI=1S/C12H10S.C2H6/c1-3-9-7-11-5-6-13-12(11)8-10(9)4-2;1-2/h3-8H,1-2H2;1-2H3. The van der Waals surface area contributed by atoms with E-state index in [0.717, 1.165) is 11.1 Å². The van der Waals surface area contributed by atoms with Crippen LogP contribution in [0.1, 0.15) is 25.0 Å². The smallest absolute Gasteiger partial charge is 0.0349 e. The highest BCUT2D eigenvalue weighted by molar-refractivity contribution is 7.17. The Labute approximate surface area is 95.6 Å². The highest BCUT2D eigenvalue weighted by Crippen LogP contribution is 2.25. The molecule has 2 aromatic rings. The summed E-state index contributed by atoms with van der Waals surface area (Å²) < 4.78 is 1.31. The first kappa shape index (κ1) is 11.7. The minimum absolute atomic E-state index is 1.15. The first-order chi connectivity index (χ1) is 7.35. The van der Waals surface area contributed by atoms with E-state index >= 15 is 0 Å². The number of hydrogen-bond donors (Lipinski definition) is 0. The van der Waals surface area contributed by atoms with E-state index < -0.39 is 0 Å². The predicted octanol–water partition coefficient (Wildman–Crippen LogP) is 5.21. The Hall–Kier alpha value is -1.34. The molecule has 0 fully saturated rings. The van der Waals surface area contributed by atoms with Gasteiger partial charge in [0.1, 0.15) is 0 Å². The molecule has 0 unspecified atom stereocenters. The monoisotopic (exact) mass is 216 g/mol. The van der Waals surface area contributed by atoms with Crippen molar-refractivity contribution < 1.29 is 0 Å². The molecule has 0 amide bonds. The molecule has 78 valence electrons. The van der Waals surface area contributed by atoms with Crippen molar-refractivity contribution in [2.75, 3.05) is 0 Å². The van der Waals surface area contributed by atoms with Crippen LogP contribution in [0.15, 0.2) is 36.7 Å². The zero-order valence-electron chi connectivity index (χ0n) is 9.29. The van der Waals surface area contributed by atoms with E-state index in [1.807, 2.05) is 26.0 Å². The van der Waals surface area contributed by atoms with Crippen LogP contribution in [-0.2, 0) is 0 Å². The molecule has 1 aromatic carbocycles. The van der Waals surface area contributed by atoms with Gasteiger partial charge in [-0.1, -0.05) is 39.2 Å². The zero-order chi connectivity index (χ0) is 11.3. The van der Waals surface area contributed by atoms with Crippen LogP contribution in [0.2, 0.25) is 0 Å². The second kappa shape index (κ2) is 5.52. The lowest BCUT2D eigenvalue weighted by Crippen LogP contribution is -1.78. The molecular formula is C14H16S. The Kier molecular flexibility index (Phi) is 4.32. The molecule has 0 atom stereocenters. The Morgan fingerprint density at radius 1 is 1.07 bits per heavy atom. The third kappa shape index (κ3) is 2.37. The summed E-state index contributed by atoms with van der Waals surface area (Å²) in [6.07, 6.45) is 3.74. The summed E-state index contributed by atoms with van der Waals surface area (Å²) >= 11 is 1.75. The minimum Gasteiger partial charge on any atom is -0.144 e. The lowest BCUT2D eigenvalue weighted by atomic mass is 10.1. The maximum atomic E-state index is 3.79. The Morgan fingerprint density at radius 2 is 1.67 bits per heavy atom. The van der Waals surface area contributed by atoms with Crippen LogP contribution in [-0.4, -0.2) is 0 Å². The van der Waals surface area contributed by atoms with Gasteiger partial charge >= 0.3 is 0 Å². The summed E-state index contributed by atoms with van der Waals surface area (Å²) in [6, 6.07) is 6.43. The molecule has 0 N–H and O–H groups in total. The lowest BCUT2D eigenvalue weighted by Gasteiger charge is -2.00. The van der Waals surface area contributed by atoms with E-state index in [2.05, 4.69) is 36.7 Å². The second-order valence-corrected chi connectivity index (χ2v) is 3.80. The van der Waals surface area contributed by atoms with Crippen LogP contribution in [0.3, 0.4) is 0 Å². The molecule has 1 aromatic heterocycles. The summed E-state index contributed by atoms with van der Waals surface area (Å²) in [5, 5.41) is 3.38. The molecule has 2 rings (SSSR count). The topological polar surface area (TPSA) is 0 Å². The molecule has 0 saturated heterocycles. The highest BCUT2D eigenvalue weighted by Gasteiger charge is 1.99. The molecular weight excluding hydrogens is 200 g/mol. The first-order valence-corrected chi connectivity index (χ1v) is 5.99. The average molecular weight is 216 g/mol. The Balaban J connectivity index is 0.000000531. The zero-order valence-corrected chi connectivity index (χ0v) is 10.1. The Bertz CT molecular complexity index is 421. The molecule has 0 nitrogen and oxygen atoms in total. The second-order valence-electron chi connectivity index (χ2n) is 2.85. The molecule has 0 aliphatic rings. The third-order valence-electron chi connectivity index (χ3n) is 2.10. The van der Waals surface area contributed by atoms with Gasteiger partial charge in [-0.15, -0.1) is 11.3 Å². The van der Waals surface area contributed by atoms with Crippen molar-refractivity contribution in [1.82, 2.24) is 0 Å². The molecule has 1 heterocycles. The van der Waals surface area contributed by atoms with E-state index in [0.29, 0.717) is 0 Å². The van der Waals surface area contributed by atoms with Crippen molar-refractivity contribution in [2.24, 2.45) is 0 Å². The van der Waals surface area contributed by atoms with Crippen molar-refractivity contribution in [2.45, 2.75) is 13.8 Å². The van der Waals surface area contributed by atoms with Gasteiger partial charge in [-0.3, -0.25) is 0 Å². The number of rotatable bonds is 2. The fraction of sp³-hybridized carbons (Fsp3) is 0.143. The van der Waals surface area contributed by atoms with Crippen LogP contribution in [0.4, 0.5) is 0 Å². The quantitative estimate of drug-likeness (QED) is 0.646. The summed E-state index contributed by atoms with van der Waals surface area (Å²) in [7, 11) is 0. The molecule has 0 bridgehead atoms. The van der Waals surface area contributed by atoms with Gasteiger partial charge in [0.15, 0.2) is 0 Å². The van der Waals surface area contributed by atoms with Gasteiger partial charge < -0.3 is 0 Å². The van der Waals surface area contributed by atoms with Crippen LogP contribution < -0.4 is 0 Å². The molecule has 0 saturated carbocycles. The van der Waals surface area contributed by atoms with Gasteiger partial charge in [-0.25, -0.2) is 0 Å². The largest absolute Gasteiger partial charge is 0.144 e. The maximum absolute atomic E-state index is 3.79. The van der Waals surface area contributed by atoms with Crippen LogP contribution in [0.25, 0.3) is 22.2 Å². The summed E-state index contributed by atoms with van der Waals surface area (Å²) in [5.74, 6) is 0. The van der Waals surface area contributed by atoms with E-state index in [-0.39, 0.29) is 0 Å². The van der Waals surface area contributed by atoms with Crippen LogP contribution >= 0.6 is 11.3 Å². The van der Waals surface area contributed by atoms with Gasteiger partial charge in [-0.2, -0.15) is 0 Å². The van der Waals surface area contributed by atoms with Gasteiger partial charge in [0, 0.05) is 4.70 Å². The third-order valence-corrected chi connectivity index (χ3v) is 2.98. The van der Waals surface area contributed by atoms with Crippen molar-refractivity contribution in [3.05, 3.63) is 47.9 Å². The van der Waals surface area contributed by atoms with Gasteiger partial charge in [0.25, 0.3) is 0 Å². The van der Waals surface area contributed by atoms with E-state index in [1.54, 1.807) is 11.3 Å².